The maximum atomic E-state index is 9.55. The van der Waals surface area contributed by atoms with Crippen LogP contribution in [0.4, 0.5) is 0 Å². The molecular formula is C38H20N4S. The van der Waals surface area contributed by atoms with Crippen molar-refractivity contribution in [2.45, 2.75) is 0 Å². The van der Waals surface area contributed by atoms with E-state index in [-0.39, 0.29) is 0 Å². The molecule has 0 aliphatic heterocycles. The summed E-state index contributed by atoms with van der Waals surface area (Å²) in [5, 5.41) is 26.0. The number of fused-ring (bicyclic) bond motifs is 9. The van der Waals surface area contributed by atoms with E-state index < -0.39 is 0 Å². The van der Waals surface area contributed by atoms with Crippen LogP contribution in [0.2, 0.25) is 0 Å². The largest absolute Gasteiger partial charge is 0.309 e. The molecule has 3 aromatic heterocycles. The quantitative estimate of drug-likeness (QED) is 0.210. The number of benzene rings is 6. The summed E-state index contributed by atoms with van der Waals surface area (Å²) in [6, 6.07) is 46.7. The van der Waals surface area contributed by atoms with E-state index in [4.69, 9.17) is 0 Å². The number of hydrogen-bond donors (Lipinski definition) is 0. The zero-order valence-electron chi connectivity index (χ0n) is 22.7. The lowest BCUT2D eigenvalue weighted by Crippen LogP contribution is -1.94. The lowest BCUT2D eigenvalue weighted by atomic mass is 10.1. The summed E-state index contributed by atoms with van der Waals surface area (Å²) in [6.45, 7) is 0. The van der Waals surface area contributed by atoms with Crippen LogP contribution < -0.4 is 0 Å². The van der Waals surface area contributed by atoms with E-state index >= 15 is 0 Å². The van der Waals surface area contributed by atoms with Crippen molar-refractivity contribution < 1.29 is 0 Å². The molecule has 4 nitrogen and oxygen atoms in total. The maximum Gasteiger partial charge on any atom is 0.0991 e. The fourth-order valence-corrected chi connectivity index (χ4v) is 7.74. The molecule has 0 saturated carbocycles. The van der Waals surface area contributed by atoms with Crippen LogP contribution >= 0.6 is 11.3 Å². The van der Waals surface area contributed by atoms with Crippen molar-refractivity contribution in [3.8, 4) is 23.5 Å². The summed E-state index contributed by atoms with van der Waals surface area (Å²) in [5.74, 6) is 0. The molecule has 0 N–H and O–H groups in total. The zero-order valence-corrected chi connectivity index (χ0v) is 23.6. The van der Waals surface area contributed by atoms with E-state index in [0.717, 1.165) is 55.0 Å². The molecule has 0 aliphatic carbocycles. The first kappa shape index (κ1) is 23.8. The Bertz CT molecular complexity index is 2520. The molecular weight excluding hydrogens is 545 g/mol. The van der Waals surface area contributed by atoms with Crippen molar-refractivity contribution in [1.82, 2.24) is 9.13 Å². The third kappa shape index (κ3) is 3.35. The molecule has 43 heavy (non-hydrogen) atoms. The number of thiophene rings is 1. The lowest BCUT2D eigenvalue weighted by Gasteiger charge is -2.09. The molecule has 0 saturated heterocycles. The molecule has 0 amide bonds. The second kappa shape index (κ2) is 8.81. The number of para-hydroxylation sites is 2. The van der Waals surface area contributed by atoms with Crippen LogP contribution in [0.5, 0.6) is 0 Å². The fraction of sp³-hybridized carbons (Fsp3) is 0. The normalized spacial score (nSPS) is 11.7. The summed E-state index contributed by atoms with van der Waals surface area (Å²) >= 11 is 1.81. The molecule has 0 fully saturated rings. The van der Waals surface area contributed by atoms with Gasteiger partial charge in [0.05, 0.1) is 45.3 Å². The molecule has 0 atom stereocenters. The summed E-state index contributed by atoms with van der Waals surface area (Å²) in [4.78, 5) is 0. The van der Waals surface area contributed by atoms with Gasteiger partial charge in [-0.1, -0.05) is 36.4 Å². The van der Waals surface area contributed by atoms with Crippen molar-refractivity contribution >= 4 is 75.1 Å². The monoisotopic (exact) mass is 564 g/mol. The number of hydrogen-bond acceptors (Lipinski definition) is 3. The highest BCUT2D eigenvalue weighted by Gasteiger charge is 2.16. The first-order valence-electron chi connectivity index (χ1n) is 14.1. The Kier molecular flexibility index (Phi) is 4.87. The highest BCUT2D eigenvalue weighted by Crippen LogP contribution is 2.40. The minimum absolute atomic E-state index is 0.663. The van der Waals surface area contributed by atoms with E-state index in [9.17, 15) is 10.5 Å². The Balaban J connectivity index is 1.30. The standard InChI is InChI=1S/C38H20N4S/c39-21-23-9-13-35-29(17-23)27-5-1-3-7-33(27)41(35)25-11-15-37-31(19-25)32-20-26(12-16-38(32)43-37)42-34-8-4-2-6-28(34)30-18-24(22-40)10-14-36(30)42/h1-20H. The molecule has 0 aliphatic rings. The van der Waals surface area contributed by atoms with E-state index in [2.05, 4.69) is 118 Å². The SMILES string of the molecule is N#Cc1ccc2c(c1)c1ccccc1n2-c1ccc2sc3ccc(-n4c5ccccc5c5cc(C#N)ccc54)cc3c2c1. The van der Waals surface area contributed by atoms with E-state index in [1.54, 1.807) is 0 Å². The fourth-order valence-electron chi connectivity index (χ4n) is 6.67. The topological polar surface area (TPSA) is 57.4 Å². The Morgan fingerprint density at radius 1 is 0.419 bits per heavy atom. The maximum absolute atomic E-state index is 9.55. The van der Waals surface area contributed by atoms with Crippen molar-refractivity contribution in [2.24, 2.45) is 0 Å². The second-order valence-corrected chi connectivity index (χ2v) is 11.9. The smallest absolute Gasteiger partial charge is 0.0991 e. The third-order valence-electron chi connectivity index (χ3n) is 8.56. The summed E-state index contributed by atoms with van der Waals surface area (Å²) in [6.07, 6.45) is 0. The van der Waals surface area contributed by atoms with Crippen LogP contribution in [0.15, 0.2) is 121 Å². The highest BCUT2D eigenvalue weighted by molar-refractivity contribution is 7.25. The Morgan fingerprint density at radius 3 is 1.33 bits per heavy atom. The van der Waals surface area contributed by atoms with Gasteiger partial charge in [0.1, 0.15) is 0 Å². The van der Waals surface area contributed by atoms with Gasteiger partial charge in [-0.05, 0) is 84.9 Å². The van der Waals surface area contributed by atoms with Crippen LogP contribution in [0.3, 0.4) is 0 Å². The average molecular weight is 565 g/mol. The third-order valence-corrected chi connectivity index (χ3v) is 9.71. The van der Waals surface area contributed by atoms with Crippen molar-refractivity contribution in [3.63, 3.8) is 0 Å². The van der Waals surface area contributed by atoms with Gasteiger partial charge in [0.25, 0.3) is 0 Å². The molecule has 5 heteroatoms. The van der Waals surface area contributed by atoms with Gasteiger partial charge >= 0.3 is 0 Å². The van der Waals surface area contributed by atoms with Crippen LogP contribution in [-0.4, -0.2) is 9.13 Å². The minimum atomic E-state index is 0.663. The predicted octanol–water partition coefficient (Wildman–Crippen LogP) is 9.99. The van der Waals surface area contributed by atoms with Crippen molar-refractivity contribution in [3.05, 3.63) is 132 Å². The molecule has 3 heterocycles. The average Bonchev–Trinajstić information content (AvgIpc) is 3.71. The van der Waals surface area contributed by atoms with Crippen molar-refractivity contribution in [2.75, 3.05) is 0 Å². The number of rotatable bonds is 2. The molecule has 198 valence electrons. The Morgan fingerprint density at radius 2 is 0.860 bits per heavy atom. The van der Waals surface area contributed by atoms with Crippen LogP contribution in [0.1, 0.15) is 11.1 Å². The summed E-state index contributed by atoms with van der Waals surface area (Å²) in [5.41, 5.74) is 7.92. The molecule has 0 bridgehead atoms. The zero-order chi connectivity index (χ0) is 28.7. The van der Waals surface area contributed by atoms with Gasteiger partial charge in [0.2, 0.25) is 0 Å². The first-order chi connectivity index (χ1) is 21.2. The van der Waals surface area contributed by atoms with E-state index in [0.29, 0.717) is 11.1 Å². The van der Waals surface area contributed by atoms with Gasteiger partial charge in [0.15, 0.2) is 0 Å². The van der Waals surface area contributed by atoms with Crippen LogP contribution in [0.25, 0.3) is 75.2 Å². The van der Waals surface area contributed by atoms with Gasteiger partial charge in [-0.15, -0.1) is 11.3 Å². The van der Waals surface area contributed by atoms with E-state index in [1.807, 2.05) is 35.6 Å². The van der Waals surface area contributed by atoms with Gasteiger partial charge in [0, 0.05) is 53.1 Å². The Labute approximate surface area is 250 Å². The summed E-state index contributed by atoms with van der Waals surface area (Å²) in [7, 11) is 0. The molecule has 0 spiro atoms. The second-order valence-electron chi connectivity index (χ2n) is 10.9. The van der Waals surface area contributed by atoms with Crippen LogP contribution in [-0.2, 0) is 0 Å². The number of aromatic nitrogens is 2. The molecule has 0 radical (unpaired) electrons. The minimum Gasteiger partial charge on any atom is -0.309 e. The number of nitriles is 2. The predicted molar refractivity (Wildman–Crippen MR) is 177 cm³/mol. The van der Waals surface area contributed by atoms with E-state index in [1.165, 1.54) is 20.2 Å². The van der Waals surface area contributed by atoms with Crippen LogP contribution in [0, 0.1) is 22.7 Å². The van der Waals surface area contributed by atoms with Gasteiger partial charge < -0.3 is 9.13 Å². The lowest BCUT2D eigenvalue weighted by molar-refractivity contribution is 1.18. The number of nitrogens with zero attached hydrogens (tertiary/aromatic N) is 4. The molecule has 0 unspecified atom stereocenters. The molecule has 6 aromatic carbocycles. The molecule has 9 aromatic rings. The first-order valence-corrected chi connectivity index (χ1v) is 14.9. The van der Waals surface area contributed by atoms with Crippen molar-refractivity contribution in [1.29, 1.82) is 10.5 Å². The molecule has 9 rings (SSSR count). The van der Waals surface area contributed by atoms with Gasteiger partial charge in [-0.25, -0.2) is 0 Å². The van der Waals surface area contributed by atoms with Gasteiger partial charge in [-0.3, -0.25) is 0 Å². The summed E-state index contributed by atoms with van der Waals surface area (Å²) < 4.78 is 7.09. The van der Waals surface area contributed by atoms with Gasteiger partial charge in [-0.2, -0.15) is 10.5 Å². The Hall–Kier alpha value is -5.88. The highest BCUT2D eigenvalue weighted by atomic mass is 32.1.